The first-order valence-electron chi connectivity index (χ1n) is 11.2. The van der Waals surface area contributed by atoms with Gasteiger partial charge >= 0.3 is 0 Å². The van der Waals surface area contributed by atoms with Crippen molar-refractivity contribution in [2.75, 3.05) is 43.5 Å². The van der Waals surface area contributed by atoms with E-state index in [-0.39, 0.29) is 11.0 Å². The number of halogens is 2. The monoisotopic (exact) mass is 528 g/mol. The first kappa shape index (κ1) is 25.3. The van der Waals surface area contributed by atoms with Gasteiger partial charge in [0.1, 0.15) is 5.75 Å². The van der Waals surface area contributed by atoms with Crippen LogP contribution in [-0.4, -0.2) is 49.2 Å². The minimum absolute atomic E-state index is 0.211. The zero-order chi connectivity index (χ0) is 24.8. The lowest BCUT2D eigenvalue weighted by molar-refractivity contribution is 0.0977. The normalized spacial score (nSPS) is 13.9. The molecule has 1 aliphatic heterocycles. The Kier molecular flexibility index (Phi) is 8.46. The van der Waals surface area contributed by atoms with Crippen LogP contribution >= 0.6 is 35.4 Å². The Bertz CT molecular complexity index is 1200. The number of piperazine rings is 1. The largest absolute Gasteiger partial charge is 0.495 e. The average Bonchev–Trinajstić information content (AvgIpc) is 2.86. The highest BCUT2D eigenvalue weighted by molar-refractivity contribution is 7.80. The van der Waals surface area contributed by atoms with Gasteiger partial charge in [0.2, 0.25) is 0 Å². The number of nitrogens with one attached hydrogen (secondary N) is 2. The lowest BCUT2D eigenvalue weighted by atomic mass is 10.2. The molecule has 1 saturated heterocycles. The van der Waals surface area contributed by atoms with Gasteiger partial charge in [-0.05, 0) is 66.3 Å². The Morgan fingerprint density at radius 1 is 0.971 bits per heavy atom. The van der Waals surface area contributed by atoms with E-state index in [1.54, 1.807) is 18.2 Å². The number of nitrogens with zero attached hydrogens (tertiary/aromatic N) is 2. The van der Waals surface area contributed by atoms with Crippen LogP contribution in [-0.2, 0) is 6.54 Å². The third-order valence-electron chi connectivity index (χ3n) is 5.86. The fourth-order valence-electron chi connectivity index (χ4n) is 3.93. The highest BCUT2D eigenvalue weighted by Crippen LogP contribution is 2.25. The Morgan fingerprint density at radius 2 is 1.69 bits per heavy atom. The molecule has 0 bridgehead atoms. The van der Waals surface area contributed by atoms with E-state index in [1.807, 2.05) is 30.3 Å². The number of thiocarbonyl (C=S) groups is 1. The molecule has 6 nitrogen and oxygen atoms in total. The van der Waals surface area contributed by atoms with Crippen LogP contribution in [0.4, 0.5) is 11.4 Å². The van der Waals surface area contributed by atoms with Gasteiger partial charge in [-0.2, -0.15) is 0 Å². The maximum absolute atomic E-state index is 12.5. The standard InChI is InChI=1S/C26H26Cl2N4O2S/c1-34-24-11-6-18(16-23(24)28)25(33)30-26(35)29-20-7-9-21(10-8-20)32-14-12-31(13-15-32)17-19-4-2-3-5-22(19)27/h2-11,16H,12-15,17H2,1H3,(H2,29,30,33,35). The van der Waals surface area contributed by atoms with Crippen LogP contribution in [0.2, 0.25) is 10.0 Å². The highest BCUT2D eigenvalue weighted by Gasteiger charge is 2.18. The van der Waals surface area contributed by atoms with Gasteiger partial charge in [0.15, 0.2) is 5.11 Å². The van der Waals surface area contributed by atoms with Crippen molar-refractivity contribution in [2.45, 2.75) is 6.54 Å². The van der Waals surface area contributed by atoms with Gasteiger partial charge in [0.05, 0.1) is 12.1 Å². The van der Waals surface area contributed by atoms with Crippen LogP contribution in [0.1, 0.15) is 15.9 Å². The molecule has 182 valence electrons. The average molecular weight is 529 g/mol. The molecule has 35 heavy (non-hydrogen) atoms. The smallest absolute Gasteiger partial charge is 0.257 e. The van der Waals surface area contributed by atoms with Crippen LogP contribution in [0.5, 0.6) is 5.75 Å². The molecule has 0 atom stereocenters. The fraction of sp³-hybridized carbons (Fsp3) is 0.231. The van der Waals surface area contributed by atoms with E-state index in [1.165, 1.54) is 7.11 Å². The molecule has 0 saturated carbocycles. The lowest BCUT2D eigenvalue weighted by Crippen LogP contribution is -2.46. The highest BCUT2D eigenvalue weighted by atomic mass is 35.5. The van der Waals surface area contributed by atoms with E-state index in [9.17, 15) is 4.79 Å². The van der Waals surface area contributed by atoms with Crippen LogP contribution in [0.15, 0.2) is 66.7 Å². The Hall–Kier alpha value is -2.84. The molecule has 0 unspecified atom stereocenters. The van der Waals surface area contributed by atoms with Crippen molar-refractivity contribution in [2.24, 2.45) is 0 Å². The number of ether oxygens (including phenoxy) is 1. The van der Waals surface area contributed by atoms with Crippen molar-refractivity contribution in [3.63, 3.8) is 0 Å². The van der Waals surface area contributed by atoms with Crippen molar-refractivity contribution in [3.05, 3.63) is 87.9 Å². The predicted octanol–water partition coefficient (Wildman–Crippen LogP) is 5.45. The van der Waals surface area contributed by atoms with Gasteiger partial charge in [-0.25, -0.2) is 0 Å². The van der Waals surface area contributed by atoms with Gasteiger partial charge in [0.25, 0.3) is 5.91 Å². The summed E-state index contributed by atoms with van der Waals surface area (Å²) < 4.78 is 5.11. The maximum Gasteiger partial charge on any atom is 0.257 e. The number of anilines is 2. The molecule has 1 aliphatic rings. The summed E-state index contributed by atoms with van der Waals surface area (Å²) in [5.41, 5.74) is 3.50. The van der Waals surface area contributed by atoms with Gasteiger partial charge in [-0.3, -0.25) is 15.0 Å². The number of amides is 1. The first-order valence-corrected chi connectivity index (χ1v) is 12.4. The number of carbonyl (C=O) groups is 1. The maximum atomic E-state index is 12.5. The Morgan fingerprint density at radius 3 is 2.34 bits per heavy atom. The molecule has 3 aromatic carbocycles. The third-order valence-corrected chi connectivity index (χ3v) is 6.72. The fourth-order valence-corrected chi connectivity index (χ4v) is 4.60. The summed E-state index contributed by atoms with van der Waals surface area (Å²) in [5, 5.41) is 7.12. The molecule has 0 aliphatic carbocycles. The summed E-state index contributed by atoms with van der Waals surface area (Å²) in [4.78, 5) is 17.2. The van der Waals surface area contributed by atoms with Crippen molar-refractivity contribution >= 4 is 57.8 Å². The summed E-state index contributed by atoms with van der Waals surface area (Å²) in [7, 11) is 1.52. The SMILES string of the molecule is COc1ccc(C(=O)NC(=S)Nc2ccc(N3CCN(Cc4ccccc4Cl)CC3)cc2)cc1Cl. The summed E-state index contributed by atoms with van der Waals surface area (Å²) in [6, 6.07) is 20.8. The predicted molar refractivity (Wildman–Crippen MR) is 147 cm³/mol. The zero-order valence-corrected chi connectivity index (χ0v) is 21.6. The molecule has 1 heterocycles. The van der Waals surface area contributed by atoms with Crippen molar-refractivity contribution < 1.29 is 9.53 Å². The minimum atomic E-state index is -0.349. The minimum Gasteiger partial charge on any atom is -0.495 e. The molecule has 1 amide bonds. The van der Waals surface area contributed by atoms with E-state index in [2.05, 4.69) is 38.6 Å². The summed E-state index contributed by atoms with van der Waals surface area (Å²) >= 11 is 17.7. The van der Waals surface area contributed by atoms with E-state index in [0.29, 0.717) is 16.3 Å². The quantitative estimate of drug-likeness (QED) is 0.415. The third kappa shape index (κ3) is 6.64. The molecule has 0 radical (unpaired) electrons. The zero-order valence-electron chi connectivity index (χ0n) is 19.3. The Balaban J connectivity index is 1.26. The first-order chi connectivity index (χ1) is 16.9. The van der Waals surface area contributed by atoms with Gasteiger partial charge in [-0.15, -0.1) is 0 Å². The topological polar surface area (TPSA) is 56.8 Å². The number of hydrogen-bond donors (Lipinski definition) is 2. The molecule has 9 heteroatoms. The number of hydrogen-bond acceptors (Lipinski definition) is 5. The molecule has 0 spiro atoms. The number of carbonyl (C=O) groups excluding carboxylic acids is 1. The van der Waals surface area contributed by atoms with E-state index < -0.39 is 0 Å². The van der Waals surface area contributed by atoms with Crippen molar-refractivity contribution in [3.8, 4) is 5.75 Å². The number of methoxy groups -OCH3 is 1. The molecular weight excluding hydrogens is 503 g/mol. The second-order valence-corrected chi connectivity index (χ2v) is 9.38. The molecule has 2 N–H and O–H groups in total. The van der Waals surface area contributed by atoms with Crippen LogP contribution in [0, 0.1) is 0 Å². The summed E-state index contributed by atoms with van der Waals surface area (Å²) in [6.07, 6.45) is 0. The van der Waals surface area contributed by atoms with Gasteiger partial charge in [-0.1, -0.05) is 41.4 Å². The summed E-state index contributed by atoms with van der Waals surface area (Å²) in [5.74, 6) is 0.157. The van der Waals surface area contributed by atoms with Gasteiger partial charge < -0.3 is 15.0 Å². The van der Waals surface area contributed by atoms with Crippen LogP contribution < -0.4 is 20.3 Å². The molecule has 0 aromatic heterocycles. The lowest BCUT2D eigenvalue weighted by Gasteiger charge is -2.36. The van der Waals surface area contributed by atoms with Gasteiger partial charge in [0, 0.05) is 54.7 Å². The number of rotatable bonds is 6. The molecule has 4 rings (SSSR count). The summed E-state index contributed by atoms with van der Waals surface area (Å²) in [6.45, 7) is 4.68. The van der Waals surface area contributed by atoms with Crippen molar-refractivity contribution in [1.29, 1.82) is 0 Å². The van der Waals surface area contributed by atoms with Crippen LogP contribution in [0.25, 0.3) is 0 Å². The van der Waals surface area contributed by atoms with E-state index in [0.717, 1.165) is 54.7 Å². The van der Waals surface area contributed by atoms with E-state index >= 15 is 0 Å². The second-order valence-electron chi connectivity index (χ2n) is 8.16. The molecular formula is C26H26Cl2N4O2S. The van der Waals surface area contributed by atoms with E-state index in [4.69, 9.17) is 40.2 Å². The second kappa shape index (κ2) is 11.7. The molecule has 1 fully saturated rings. The van der Waals surface area contributed by atoms with Crippen LogP contribution in [0.3, 0.4) is 0 Å². The molecule has 3 aromatic rings. The Labute approximate surface area is 220 Å². The number of benzene rings is 3. The van der Waals surface area contributed by atoms with Crippen molar-refractivity contribution in [1.82, 2.24) is 10.2 Å².